The number of imidazole rings is 1. The summed E-state index contributed by atoms with van der Waals surface area (Å²) >= 11 is 6.14. The maximum Gasteiger partial charge on any atom is 0.333 e. The molecule has 0 bridgehead atoms. The minimum Gasteiger partial charge on any atom is -0.368 e. The van der Waals surface area contributed by atoms with E-state index in [1.54, 1.807) is 18.3 Å². The van der Waals surface area contributed by atoms with E-state index in [1.807, 2.05) is 41.8 Å². The van der Waals surface area contributed by atoms with Crippen LogP contribution < -0.4 is 11.1 Å². The molecule has 0 amide bonds. The van der Waals surface area contributed by atoms with Crippen molar-refractivity contribution in [1.82, 2.24) is 34.1 Å². The molecule has 178 valence electrons. The lowest BCUT2D eigenvalue weighted by Gasteiger charge is -2.18. The maximum atomic E-state index is 13.2. The average molecular weight is 496 g/mol. The number of hydrogen-bond donors (Lipinski definition) is 2. The van der Waals surface area contributed by atoms with Gasteiger partial charge in [0.05, 0.1) is 23.4 Å². The number of pyridine rings is 1. The van der Waals surface area contributed by atoms with E-state index in [1.165, 1.54) is 12.3 Å². The first-order chi connectivity index (χ1) is 16.9. The predicted molar refractivity (Wildman–Crippen MR) is 128 cm³/mol. The number of halogens is 3. The third-order valence-corrected chi connectivity index (χ3v) is 5.68. The molecule has 0 radical (unpaired) electrons. The van der Waals surface area contributed by atoms with Crippen LogP contribution in [0.25, 0.3) is 16.9 Å². The summed E-state index contributed by atoms with van der Waals surface area (Å²) < 4.78 is 28.8. The number of hydrogen-bond acceptors (Lipinski definition) is 7. The summed E-state index contributed by atoms with van der Waals surface area (Å²) in [5.74, 6) is 1.38. The largest absolute Gasteiger partial charge is 0.368 e. The Hall–Kier alpha value is -4.12. The third kappa shape index (κ3) is 4.90. The van der Waals surface area contributed by atoms with Gasteiger partial charge in [-0.05, 0) is 49.2 Å². The molecule has 0 saturated carbocycles. The van der Waals surface area contributed by atoms with Gasteiger partial charge in [0.2, 0.25) is 11.9 Å². The van der Waals surface area contributed by atoms with E-state index in [0.717, 1.165) is 16.9 Å². The highest BCUT2D eigenvalue weighted by Gasteiger charge is 2.20. The first-order valence-electron chi connectivity index (χ1n) is 10.7. The van der Waals surface area contributed by atoms with Gasteiger partial charge in [-0.15, -0.1) is 0 Å². The van der Waals surface area contributed by atoms with Crippen LogP contribution in [-0.2, 0) is 6.42 Å². The summed E-state index contributed by atoms with van der Waals surface area (Å²) in [6.45, 7) is -0.860. The van der Waals surface area contributed by atoms with Gasteiger partial charge in [0.15, 0.2) is 5.82 Å². The van der Waals surface area contributed by atoms with E-state index in [-0.39, 0.29) is 11.9 Å². The van der Waals surface area contributed by atoms with Gasteiger partial charge in [-0.1, -0.05) is 23.7 Å². The molecule has 1 aromatic carbocycles. The van der Waals surface area contributed by atoms with E-state index in [2.05, 4.69) is 30.4 Å². The molecular formula is C23H20ClF2N9. The van der Waals surface area contributed by atoms with Gasteiger partial charge in [0, 0.05) is 23.0 Å². The van der Waals surface area contributed by atoms with Gasteiger partial charge in [0.1, 0.15) is 5.82 Å². The standard InChI is InChI=1S/C23H20ClF2N9/c1-13-28-11-17-6-5-15(12-34(13)17)20-30-22(27)32-23(31-20)29-19(10-14-3-2-4-16(24)9-14)18-7-8-35(33-18)21(25)26/h2-9,11-12,19,21H,10H2,1H3,(H3,27,29,30,31,32)/t19-/m0/s1. The number of rotatable bonds is 7. The fourth-order valence-electron chi connectivity index (χ4n) is 3.77. The van der Waals surface area contributed by atoms with Crippen LogP contribution in [0, 0.1) is 6.92 Å². The van der Waals surface area contributed by atoms with Crippen LogP contribution in [0.4, 0.5) is 20.7 Å². The van der Waals surface area contributed by atoms with Crippen LogP contribution in [0.1, 0.15) is 29.7 Å². The van der Waals surface area contributed by atoms with Crippen molar-refractivity contribution < 1.29 is 8.78 Å². The molecule has 0 unspecified atom stereocenters. The smallest absolute Gasteiger partial charge is 0.333 e. The Kier molecular flexibility index (Phi) is 6.00. The topological polar surface area (TPSA) is 112 Å². The molecule has 3 N–H and O–H groups in total. The van der Waals surface area contributed by atoms with Gasteiger partial charge < -0.3 is 15.5 Å². The highest BCUT2D eigenvalue weighted by molar-refractivity contribution is 6.30. The second-order valence-electron chi connectivity index (χ2n) is 7.89. The molecule has 0 spiro atoms. The molecule has 9 nitrogen and oxygen atoms in total. The van der Waals surface area contributed by atoms with Gasteiger partial charge in [-0.3, -0.25) is 0 Å². The molecule has 4 heterocycles. The maximum absolute atomic E-state index is 13.2. The molecule has 1 atom stereocenters. The van der Waals surface area contributed by atoms with Crippen LogP contribution in [-0.4, -0.2) is 34.1 Å². The highest BCUT2D eigenvalue weighted by atomic mass is 35.5. The zero-order valence-electron chi connectivity index (χ0n) is 18.5. The quantitative estimate of drug-likeness (QED) is 0.336. The summed E-state index contributed by atoms with van der Waals surface area (Å²) in [6.07, 6.45) is 5.25. The molecule has 0 aliphatic carbocycles. The SMILES string of the molecule is Cc1ncc2ccc(-c3nc(N)nc(N[C@@H](Cc4cccc(Cl)c4)c4ccn(C(F)F)n4)n3)cn12. The monoisotopic (exact) mass is 495 g/mol. The Balaban J connectivity index is 1.50. The summed E-state index contributed by atoms with van der Waals surface area (Å²) in [6, 6.07) is 12.0. The number of fused-ring (bicyclic) bond motifs is 1. The fraction of sp³-hybridized carbons (Fsp3) is 0.174. The number of aromatic nitrogens is 7. The van der Waals surface area contributed by atoms with Crippen molar-refractivity contribution in [2.24, 2.45) is 0 Å². The summed E-state index contributed by atoms with van der Waals surface area (Å²) in [7, 11) is 0. The van der Waals surface area contributed by atoms with Gasteiger partial charge in [0.25, 0.3) is 0 Å². The first kappa shape index (κ1) is 22.7. The molecule has 12 heteroatoms. The van der Waals surface area contributed by atoms with Crippen molar-refractivity contribution in [1.29, 1.82) is 0 Å². The van der Waals surface area contributed by atoms with Crippen molar-refractivity contribution in [3.63, 3.8) is 0 Å². The van der Waals surface area contributed by atoms with Gasteiger partial charge in [-0.2, -0.15) is 28.8 Å². The third-order valence-electron chi connectivity index (χ3n) is 5.44. The number of nitrogens with two attached hydrogens (primary N) is 1. The molecule has 0 fully saturated rings. The summed E-state index contributed by atoms with van der Waals surface area (Å²) in [4.78, 5) is 17.3. The number of alkyl halides is 2. The normalized spacial score (nSPS) is 12.4. The molecule has 5 rings (SSSR count). The molecule has 0 saturated heterocycles. The molecule has 0 aliphatic rings. The van der Waals surface area contributed by atoms with Crippen LogP contribution >= 0.6 is 11.6 Å². The van der Waals surface area contributed by atoms with E-state index in [0.29, 0.717) is 33.2 Å². The number of aryl methyl sites for hydroxylation is 1. The Morgan fingerprint density at radius 2 is 1.97 bits per heavy atom. The first-order valence-corrected chi connectivity index (χ1v) is 11.0. The van der Waals surface area contributed by atoms with Crippen LogP contribution in [0.3, 0.4) is 0 Å². The van der Waals surface area contributed by atoms with Crippen molar-refractivity contribution in [3.8, 4) is 11.4 Å². The highest BCUT2D eigenvalue weighted by Crippen LogP contribution is 2.25. The Morgan fingerprint density at radius 3 is 2.74 bits per heavy atom. The van der Waals surface area contributed by atoms with Crippen molar-refractivity contribution >= 4 is 29.0 Å². The predicted octanol–water partition coefficient (Wildman–Crippen LogP) is 4.72. The molecular weight excluding hydrogens is 476 g/mol. The van der Waals surface area contributed by atoms with E-state index < -0.39 is 12.6 Å². The van der Waals surface area contributed by atoms with Crippen LogP contribution in [0.5, 0.6) is 0 Å². The molecule has 4 aromatic heterocycles. The van der Waals surface area contributed by atoms with E-state index >= 15 is 0 Å². The molecule has 0 aliphatic heterocycles. The summed E-state index contributed by atoms with van der Waals surface area (Å²) in [5.41, 5.74) is 8.91. The second kappa shape index (κ2) is 9.26. The van der Waals surface area contributed by atoms with Crippen LogP contribution in [0.2, 0.25) is 5.02 Å². The van der Waals surface area contributed by atoms with Crippen molar-refractivity contribution in [2.45, 2.75) is 25.9 Å². The molecule has 35 heavy (non-hydrogen) atoms. The van der Waals surface area contributed by atoms with Gasteiger partial charge >= 0.3 is 6.55 Å². The number of benzene rings is 1. The fourth-order valence-corrected chi connectivity index (χ4v) is 3.98. The number of anilines is 2. The van der Waals surface area contributed by atoms with Crippen molar-refractivity contribution in [2.75, 3.05) is 11.1 Å². The zero-order valence-corrected chi connectivity index (χ0v) is 19.2. The lowest BCUT2D eigenvalue weighted by atomic mass is 10.0. The average Bonchev–Trinajstić information content (AvgIpc) is 3.46. The minimum atomic E-state index is -2.75. The zero-order chi connectivity index (χ0) is 24.5. The van der Waals surface area contributed by atoms with Gasteiger partial charge in [-0.25, -0.2) is 9.67 Å². The summed E-state index contributed by atoms with van der Waals surface area (Å²) in [5, 5.41) is 7.78. The van der Waals surface area contributed by atoms with E-state index in [9.17, 15) is 8.78 Å². The lowest BCUT2D eigenvalue weighted by Crippen LogP contribution is -2.18. The number of nitrogen functional groups attached to an aromatic ring is 1. The number of nitrogens with zero attached hydrogens (tertiary/aromatic N) is 7. The Labute approximate surface area is 203 Å². The number of nitrogens with one attached hydrogen (secondary N) is 1. The molecule has 5 aromatic rings. The Bertz CT molecular complexity index is 1500. The van der Waals surface area contributed by atoms with E-state index in [4.69, 9.17) is 17.3 Å². The second-order valence-corrected chi connectivity index (χ2v) is 8.32. The van der Waals surface area contributed by atoms with Crippen LogP contribution in [0.15, 0.2) is 61.1 Å². The van der Waals surface area contributed by atoms with Crippen molar-refractivity contribution in [3.05, 3.63) is 83.2 Å². The minimum absolute atomic E-state index is 0.0135. The Morgan fingerprint density at radius 1 is 1.11 bits per heavy atom. The lowest BCUT2D eigenvalue weighted by molar-refractivity contribution is 0.0561.